The van der Waals surface area contributed by atoms with E-state index in [4.69, 9.17) is 5.73 Å². The van der Waals surface area contributed by atoms with Gasteiger partial charge in [-0.15, -0.1) is 0 Å². The summed E-state index contributed by atoms with van der Waals surface area (Å²) in [6.07, 6.45) is 2.88. The molecule has 0 saturated heterocycles. The first kappa shape index (κ1) is 16.8. The van der Waals surface area contributed by atoms with Crippen molar-refractivity contribution >= 4 is 21.5 Å². The van der Waals surface area contributed by atoms with Crippen molar-refractivity contribution < 1.29 is 8.42 Å². The van der Waals surface area contributed by atoms with Gasteiger partial charge in [0.05, 0.1) is 6.04 Å². The second-order valence-electron chi connectivity index (χ2n) is 5.52. The average molecular weight is 302 g/mol. The van der Waals surface area contributed by atoms with Crippen LogP contribution in [-0.2, 0) is 9.84 Å². The molecule has 0 saturated carbocycles. The number of rotatable bonds is 7. The summed E-state index contributed by atoms with van der Waals surface area (Å²) in [4.78, 5) is 0.116. The van der Waals surface area contributed by atoms with Crippen molar-refractivity contribution in [3.63, 3.8) is 0 Å². The van der Waals surface area contributed by atoms with Crippen LogP contribution in [0.4, 0.5) is 11.6 Å². The molecule has 20 heavy (non-hydrogen) atoms. The average Bonchev–Trinajstić information content (AvgIpc) is 2.65. The normalized spacial score (nSPS) is 12.3. The number of nitrogens with one attached hydrogen (secondary N) is 1. The third-order valence-electron chi connectivity index (χ3n) is 3.24. The van der Waals surface area contributed by atoms with Crippen LogP contribution in [0.25, 0.3) is 0 Å². The Morgan fingerprint density at radius 2 is 1.85 bits per heavy atom. The Bertz CT molecular complexity index is 545. The molecule has 1 rings (SSSR count). The lowest BCUT2D eigenvalue weighted by Gasteiger charge is -2.14. The van der Waals surface area contributed by atoms with Crippen molar-refractivity contribution in [2.75, 3.05) is 23.9 Å². The van der Waals surface area contributed by atoms with E-state index >= 15 is 0 Å². The molecule has 0 amide bonds. The maximum Gasteiger partial charge on any atom is 0.182 e. The molecule has 0 aromatic carbocycles. The van der Waals surface area contributed by atoms with Gasteiger partial charge < -0.3 is 11.1 Å². The predicted molar refractivity (Wildman–Crippen MR) is 82.7 cm³/mol. The molecule has 116 valence electrons. The van der Waals surface area contributed by atoms with Gasteiger partial charge >= 0.3 is 0 Å². The molecule has 1 heterocycles. The SMILES string of the molecule is CCC(CC)n1nc(NCC(C)C)c(S(C)(=O)=O)c1N. The smallest absolute Gasteiger partial charge is 0.182 e. The second-order valence-corrected chi connectivity index (χ2v) is 7.48. The van der Waals surface area contributed by atoms with Gasteiger partial charge in [-0.3, -0.25) is 0 Å². The Balaban J connectivity index is 3.31. The second kappa shape index (κ2) is 6.47. The lowest BCUT2D eigenvalue weighted by atomic mass is 10.2. The molecule has 0 spiro atoms. The van der Waals surface area contributed by atoms with Crippen molar-refractivity contribution in [1.82, 2.24) is 9.78 Å². The molecule has 6 nitrogen and oxygen atoms in total. The van der Waals surface area contributed by atoms with Crippen LogP contribution in [0.1, 0.15) is 46.6 Å². The van der Waals surface area contributed by atoms with Gasteiger partial charge in [-0.1, -0.05) is 27.7 Å². The number of nitrogens with two attached hydrogens (primary N) is 1. The first-order valence-electron chi connectivity index (χ1n) is 7.04. The quantitative estimate of drug-likeness (QED) is 0.806. The van der Waals surface area contributed by atoms with Gasteiger partial charge in [0, 0.05) is 12.8 Å². The van der Waals surface area contributed by atoms with E-state index < -0.39 is 9.84 Å². The summed E-state index contributed by atoms with van der Waals surface area (Å²) in [6, 6.07) is 0.116. The number of nitrogens with zero attached hydrogens (tertiary/aromatic N) is 2. The molecule has 0 atom stereocenters. The van der Waals surface area contributed by atoms with Crippen LogP contribution in [0, 0.1) is 5.92 Å². The molecule has 0 unspecified atom stereocenters. The molecule has 1 aromatic rings. The molecule has 0 radical (unpaired) electrons. The highest BCUT2D eigenvalue weighted by Gasteiger charge is 2.26. The summed E-state index contributed by atoms with van der Waals surface area (Å²) < 4.78 is 25.6. The van der Waals surface area contributed by atoms with Crippen LogP contribution < -0.4 is 11.1 Å². The summed E-state index contributed by atoms with van der Waals surface area (Å²) in [6.45, 7) is 8.83. The zero-order valence-corrected chi connectivity index (χ0v) is 13.8. The maximum absolute atomic E-state index is 12.0. The fraction of sp³-hybridized carbons (Fsp3) is 0.769. The zero-order valence-electron chi connectivity index (χ0n) is 13.0. The van der Waals surface area contributed by atoms with Crippen molar-refractivity contribution in [1.29, 1.82) is 0 Å². The highest BCUT2D eigenvalue weighted by Crippen LogP contribution is 2.31. The van der Waals surface area contributed by atoms with E-state index in [2.05, 4.69) is 10.4 Å². The van der Waals surface area contributed by atoms with Crippen LogP contribution in [0.2, 0.25) is 0 Å². The number of aromatic nitrogens is 2. The van der Waals surface area contributed by atoms with E-state index in [0.29, 0.717) is 18.3 Å². The van der Waals surface area contributed by atoms with E-state index in [1.165, 1.54) is 0 Å². The Kier molecular flexibility index (Phi) is 5.44. The first-order valence-corrected chi connectivity index (χ1v) is 8.93. The zero-order chi connectivity index (χ0) is 15.5. The Morgan fingerprint density at radius 3 is 2.25 bits per heavy atom. The van der Waals surface area contributed by atoms with Crippen LogP contribution in [0.15, 0.2) is 4.90 Å². The highest BCUT2D eigenvalue weighted by molar-refractivity contribution is 7.91. The lowest BCUT2D eigenvalue weighted by molar-refractivity contribution is 0.434. The minimum Gasteiger partial charge on any atom is -0.383 e. The van der Waals surface area contributed by atoms with E-state index in [1.807, 2.05) is 27.7 Å². The van der Waals surface area contributed by atoms with Crippen molar-refractivity contribution in [2.45, 2.75) is 51.5 Å². The van der Waals surface area contributed by atoms with Crippen molar-refractivity contribution in [2.24, 2.45) is 5.92 Å². The number of hydrogen-bond donors (Lipinski definition) is 2. The van der Waals surface area contributed by atoms with Crippen molar-refractivity contribution in [3.05, 3.63) is 0 Å². The fourth-order valence-electron chi connectivity index (χ4n) is 2.13. The summed E-state index contributed by atoms with van der Waals surface area (Å²) >= 11 is 0. The molecule has 0 aliphatic carbocycles. The summed E-state index contributed by atoms with van der Waals surface area (Å²) in [5.74, 6) is 0.986. The third kappa shape index (κ3) is 3.65. The lowest BCUT2D eigenvalue weighted by Crippen LogP contribution is -2.13. The molecule has 3 N–H and O–H groups in total. The van der Waals surface area contributed by atoms with Gasteiger partial charge in [-0.2, -0.15) is 5.10 Å². The molecule has 0 bridgehead atoms. The molecular weight excluding hydrogens is 276 g/mol. The Hall–Kier alpha value is -1.24. The minimum absolute atomic E-state index is 0.116. The van der Waals surface area contributed by atoms with Gasteiger partial charge in [0.25, 0.3) is 0 Å². The molecule has 7 heteroatoms. The predicted octanol–water partition coefficient (Wildman–Crippen LogP) is 2.30. The summed E-state index contributed by atoms with van der Waals surface area (Å²) in [5.41, 5.74) is 6.03. The standard InChI is InChI=1S/C13H26N4O2S/c1-6-10(7-2)17-12(14)11(20(5,18)19)13(16-17)15-8-9(3)4/h9-10H,6-8,14H2,1-5H3,(H,15,16). The van der Waals surface area contributed by atoms with E-state index in [1.54, 1.807) is 4.68 Å². The van der Waals surface area contributed by atoms with Crippen LogP contribution in [-0.4, -0.2) is 31.0 Å². The third-order valence-corrected chi connectivity index (χ3v) is 4.38. The van der Waals surface area contributed by atoms with Gasteiger partial charge in [0.15, 0.2) is 20.6 Å². The monoisotopic (exact) mass is 302 g/mol. The minimum atomic E-state index is -3.41. The van der Waals surface area contributed by atoms with E-state index in [0.717, 1.165) is 19.1 Å². The van der Waals surface area contributed by atoms with Crippen LogP contribution in [0.3, 0.4) is 0 Å². The molecule has 0 aliphatic heterocycles. The Morgan fingerprint density at radius 1 is 1.30 bits per heavy atom. The number of sulfone groups is 1. The number of hydrogen-bond acceptors (Lipinski definition) is 5. The summed E-state index contributed by atoms with van der Waals surface area (Å²) in [5, 5.41) is 7.48. The van der Waals surface area contributed by atoms with Crippen molar-refractivity contribution in [3.8, 4) is 0 Å². The highest BCUT2D eigenvalue weighted by atomic mass is 32.2. The van der Waals surface area contributed by atoms with Gasteiger partial charge in [-0.05, 0) is 18.8 Å². The van der Waals surface area contributed by atoms with Gasteiger partial charge in [-0.25, -0.2) is 13.1 Å². The van der Waals surface area contributed by atoms with Crippen LogP contribution >= 0.6 is 0 Å². The first-order chi connectivity index (χ1) is 9.22. The van der Waals surface area contributed by atoms with E-state index in [9.17, 15) is 8.42 Å². The number of nitrogen functional groups attached to an aromatic ring is 1. The van der Waals surface area contributed by atoms with Crippen LogP contribution in [0.5, 0.6) is 0 Å². The molecular formula is C13H26N4O2S. The van der Waals surface area contributed by atoms with Gasteiger partial charge in [0.1, 0.15) is 5.82 Å². The topological polar surface area (TPSA) is 90.0 Å². The number of anilines is 2. The molecule has 0 fully saturated rings. The fourth-order valence-corrected chi connectivity index (χ4v) is 3.06. The van der Waals surface area contributed by atoms with E-state index in [-0.39, 0.29) is 16.8 Å². The Labute approximate surface area is 121 Å². The van der Waals surface area contributed by atoms with Gasteiger partial charge in [0.2, 0.25) is 0 Å². The largest absolute Gasteiger partial charge is 0.383 e. The molecule has 1 aromatic heterocycles. The maximum atomic E-state index is 12.0. The molecule has 0 aliphatic rings. The summed E-state index contributed by atoms with van der Waals surface area (Å²) in [7, 11) is -3.41.